The molecule has 106 valence electrons. The molecule has 1 heterocycles. The Kier molecular flexibility index (Phi) is 4.71. The van der Waals surface area contributed by atoms with Gasteiger partial charge in [-0.05, 0) is 11.6 Å². The molecule has 1 aromatic carbocycles. The monoisotopic (exact) mass is 293 g/mol. The molecule has 1 aliphatic rings. The molecule has 0 radical (unpaired) electrons. The Morgan fingerprint density at radius 1 is 1.37 bits per heavy atom. The maximum Gasteiger partial charge on any atom is 0.416 e. The summed E-state index contributed by atoms with van der Waals surface area (Å²) in [6, 6.07) is 5.44. The number of hydrogen-bond donors (Lipinski definition) is 0. The molecule has 2 rings (SSSR count). The van der Waals surface area contributed by atoms with Crippen LogP contribution in [0, 0.1) is 0 Å². The lowest BCUT2D eigenvalue weighted by molar-refractivity contribution is -0.137. The van der Waals surface area contributed by atoms with Crippen LogP contribution < -0.4 is 0 Å². The van der Waals surface area contributed by atoms with Gasteiger partial charge in [-0.1, -0.05) is 18.2 Å². The van der Waals surface area contributed by atoms with E-state index in [-0.39, 0.29) is 6.10 Å². The molecule has 0 aromatic heterocycles. The van der Waals surface area contributed by atoms with Gasteiger partial charge in [-0.25, -0.2) is 0 Å². The third kappa shape index (κ3) is 4.09. The van der Waals surface area contributed by atoms with E-state index in [1.54, 1.807) is 6.07 Å². The van der Waals surface area contributed by atoms with Gasteiger partial charge in [-0.2, -0.15) is 13.2 Å². The van der Waals surface area contributed by atoms with Crippen LogP contribution >= 0.6 is 11.6 Å². The smallest absolute Gasteiger partial charge is 0.374 e. The highest BCUT2D eigenvalue weighted by Gasteiger charge is 2.30. The van der Waals surface area contributed by atoms with Crippen LogP contribution in [0.15, 0.2) is 24.3 Å². The summed E-state index contributed by atoms with van der Waals surface area (Å²) in [5, 5.41) is 0. The molecular formula is C13H15ClF3NO. The summed E-state index contributed by atoms with van der Waals surface area (Å²) in [6.07, 6.45) is -4.33. The highest BCUT2D eigenvalue weighted by atomic mass is 35.5. The Labute approximate surface area is 115 Å². The molecule has 2 nitrogen and oxygen atoms in total. The highest BCUT2D eigenvalue weighted by molar-refractivity contribution is 6.18. The van der Waals surface area contributed by atoms with E-state index in [1.165, 1.54) is 12.1 Å². The van der Waals surface area contributed by atoms with Crippen molar-refractivity contribution in [2.45, 2.75) is 18.8 Å². The predicted molar refractivity (Wildman–Crippen MR) is 67.2 cm³/mol. The number of benzene rings is 1. The van der Waals surface area contributed by atoms with E-state index in [2.05, 4.69) is 4.90 Å². The van der Waals surface area contributed by atoms with Crippen LogP contribution in [-0.4, -0.2) is 36.6 Å². The van der Waals surface area contributed by atoms with Gasteiger partial charge in [-0.15, -0.1) is 11.6 Å². The van der Waals surface area contributed by atoms with E-state index >= 15 is 0 Å². The minimum absolute atomic E-state index is 0.0405. The Hall–Kier alpha value is -0.780. The number of nitrogens with zero attached hydrogens (tertiary/aromatic N) is 1. The SMILES string of the molecule is FC(F)(F)c1cccc(CN2CCOC(CCl)C2)c1. The van der Waals surface area contributed by atoms with Gasteiger partial charge in [0.25, 0.3) is 0 Å². The molecule has 0 N–H and O–H groups in total. The number of halogens is 4. The van der Waals surface area contributed by atoms with Crippen LogP contribution in [0.4, 0.5) is 13.2 Å². The minimum Gasteiger partial charge on any atom is -0.374 e. The Bertz CT molecular complexity index is 425. The van der Waals surface area contributed by atoms with E-state index in [0.29, 0.717) is 37.7 Å². The summed E-state index contributed by atoms with van der Waals surface area (Å²) >= 11 is 5.73. The van der Waals surface area contributed by atoms with Crippen molar-refractivity contribution in [1.82, 2.24) is 4.90 Å². The molecule has 1 aromatic rings. The zero-order valence-corrected chi connectivity index (χ0v) is 11.0. The zero-order valence-electron chi connectivity index (χ0n) is 10.3. The van der Waals surface area contributed by atoms with Gasteiger partial charge in [0.1, 0.15) is 0 Å². The van der Waals surface area contributed by atoms with E-state index in [4.69, 9.17) is 16.3 Å². The quantitative estimate of drug-likeness (QED) is 0.794. The van der Waals surface area contributed by atoms with E-state index in [1.807, 2.05) is 0 Å². The van der Waals surface area contributed by atoms with Crippen molar-refractivity contribution in [3.63, 3.8) is 0 Å². The van der Waals surface area contributed by atoms with Gasteiger partial charge in [0, 0.05) is 25.5 Å². The Morgan fingerprint density at radius 2 is 2.16 bits per heavy atom. The first kappa shape index (κ1) is 14.6. The van der Waals surface area contributed by atoms with Crippen molar-refractivity contribution in [2.24, 2.45) is 0 Å². The van der Waals surface area contributed by atoms with Crippen molar-refractivity contribution in [1.29, 1.82) is 0 Å². The fraction of sp³-hybridized carbons (Fsp3) is 0.538. The van der Waals surface area contributed by atoms with Gasteiger partial charge in [0.05, 0.1) is 18.3 Å². The molecule has 0 spiro atoms. The lowest BCUT2D eigenvalue weighted by Gasteiger charge is -2.32. The number of rotatable bonds is 3. The summed E-state index contributed by atoms with van der Waals surface area (Å²) in [4.78, 5) is 2.06. The molecule has 19 heavy (non-hydrogen) atoms. The van der Waals surface area contributed by atoms with Crippen molar-refractivity contribution in [2.75, 3.05) is 25.6 Å². The van der Waals surface area contributed by atoms with Crippen LogP contribution in [-0.2, 0) is 17.5 Å². The third-order valence-corrected chi connectivity index (χ3v) is 3.40. The molecule has 1 atom stereocenters. The number of ether oxygens (including phenoxy) is 1. The van der Waals surface area contributed by atoms with Gasteiger partial charge in [-0.3, -0.25) is 4.90 Å². The van der Waals surface area contributed by atoms with Crippen LogP contribution in [0.1, 0.15) is 11.1 Å². The second-order valence-electron chi connectivity index (χ2n) is 4.58. The average Bonchev–Trinajstić information content (AvgIpc) is 2.38. The van der Waals surface area contributed by atoms with Crippen molar-refractivity contribution >= 4 is 11.6 Å². The lowest BCUT2D eigenvalue weighted by Crippen LogP contribution is -2.42. The first-order chi connectivity index (χ1) is 8.99. The Balaban J connectivity index is 2.03. The molecular weight excluding hydrogens is 279 g/mol. The van der Waals surface area contributed by atoms with Crippen LogP contribution in [0.3, 0.4) is 0 Å². The fourth-order valence-corrected chi connectivity index (χ4v) is 2.31. The summed E-state index contributed by atoms with van der Waals surface area (Å²) < 4.78 is 43.3. The predicted octanol–water partition coefficient (Wildman–Crippen LogP) is 3.15. The van der Waals surface area contributed by atoms with Crippen molar-refractivity contribution < 1.29 is 17.9 Å². The fourth-order valence-electron chi connectivity index (χ4n) is 2.12. The van der Waals surface area contributed by atoms with Crippen molar-refractivity contribution in [3.05, 3.63) is 35.4 Å². The summed E-state index contributed by atoms with van der Waals surface area (Å²) in [5.41, 5.74) is 0.0530. The maximum atomic E-state index is 12.6. The normalized spacial score (nSPS) is 21.6. The highest BCUT2D eigenvalue weighted by Crippen LogP contribution is 2.29. The molecule has 0 bridgehead atoms. The summed E-state index contributed by atoms with van der Waals surface area (Å²) in [7, 11) is 0. The second kappa shape index (κ2) is 6.11. The molecule has 0 saturated carbocycles. The third-order valence-electron chi connectivity index (χ3n) is 3.06. The zero-order chi connectivity index (χ0) is 13.9. The van der Waals surface area contributed by atoms with Crippen LogP contribution in [0.25, 0.3) is 0 Å². The second-order valence-corrected chi connectivity index (χ2v) is 4.89. The van der Waals surface area contributed by atoms with Gasteiger partial charge in [0.15, 0.2) is 0 Å². The standard InChI is InChI=1S/C13H15ClF3NO/c14-7-12-9-18(4-5-19-12)8-10-2-1-3-11(6-10)13(15,16)17/h1-3,6,12H,4-5,7-9H2. The summed E-state index contributed by atoms with van der Waals surface area (Å²) in [6.45, 7) is 2.42. The van der Waals surface area contributed by atoms with Gasteiger partial charge < -0.3 is 4.74 Å². The van der Waals surface area contributed by atoms with E-state index in [9.17, 15) is 13.2 Å². The van der Waals surface area contributed by atoms with E-state index in [0.717, 1.165) is 6.07 Å². The van der Waals surface area contributed by atoms with Crippen LogP contribution in [0.5, 0.6) is 0 Å². The molecule has 1 saturated heterocycles. The van der Waals surface area contributed by atoms with Gasteiger partial charge >= 0.3 is 6.18 Å². The van der Waals surface area contributed by atoms with Gasteiger partial charge in [0.2, 0.25) is 0 Å². The molecule has 6 heteroatoms. The average molecular weight is 294 g/mol. The molecule has 1 fully saturated rings. The minimum atomic E-state index is -4.29. The molecule has 1 aliphatic heterocycles. The maximum absolute atomic E-state index is 12.6. The number of morpholine rings is 1. The van der Waals surface area contributed by atoms with Crippen LogP contribution in [0.2, 0.25) is 0 Å². The largest absolute Gasteiger partial charge is 0.416 e. The number of hydrogen-bond acceptors (Lipinski definition) is 2. The first-order valence-electron chi connectivity index (χ1n) is 6.05. The number of alkyl halides is 4. The van der Waals surface area contributed by atoms with Crippen molar-refractivity contribution in [3.8, 4) is 0 Å². The summed E-state index contributed by atoms with van der Waals surface area (Å²) in [5.74, 6) is 0.402. The Morgan fingerprint density at radius 3 is 2.84 bits per heavy atom. The molecule has 0 amide bonds. The molecule has 1 unspecified atom stereocenters. The topological polar surface area (TPSA) is 12.5 Å². The van der Waals surface area contributed by atoms with E-state index < -0.39 is 11.7 Å². The molecule has 0 aliphatic carbocycles. The first-order valence-corrected chi connectivity index (χ1v) is 6.58. The lowest BCUT2D eigenvalue weighted by atomic mass is 10.1.